The minimum Gasteiger partial charge on any atom is -0.306 e. The number of carbonyl (C=O) groups is 1. The summed E-state index contributed by atoms with van der Waals surface area (Å²) >= 11 is 0. The zero-order chi connectivity index (χ0) is 11.8. The van der Waals surface area contributed by atoms with Gasteiger partial charge in [0.15, 0.2) is 11.9 Å². The van der Waals surface area contributed by atoms with Gasteiger partial charge in [0.1, 0.15) is 0 Å². The van der Waals surface area contributed by atoms with Gasteiger partial charge in [-0.3, -0.25) is 4.79 Å². The molecule has 1 aromatic carbocycles. The lowest BCUT2D eigenvalue weighted by Gasteiger charge is -2.02. The lowest BCUT2D eigenvalue weighted by Crippen LogP contribution is -2.22. The maximum absolute atomic E-state index is 11.2. The highest BCUT2D eigenvalue weighted by Gasteiger charge is 2.13. The van der Waals surface area contributed by atoms with Gasteiger partial charge in [0.05, 0.1) is 13.0 Å². The highest BCUT2D eigenvalue weighted by atomic mass is 35.5. The van der Waals surface area contributed by atoms with Gasteiger partial charge in [0, 0.05) is 6.54 Å². The molecule has 0 saturated carbocycles. The second kappa shape index (κ2) is 9.25. The lowest BCUT2D eigenvalue weighted by atomic mass is 10.2. The average molecular weight is 277 g/mol. The molecule has 1 unspecified atom stereocenters. The first kappa shape index (κ1) is 16.2. The van der Waals surface area contributed by atoms with E-state index in [-0.39, 0.29) is 37.3 Å². The second-order valence-corrected chi connectivity index (χ2v) is 4.61. The molecule has 0 saturated heterocycles. The first-order chi connectivity index (χ1) is 7.68. The van der Waals surface area contributed by atoms with Crippen molar-refractivity contribution >= 4 is 26.2 Å². The quantitative estimate of drug-likeness (QED) is 0.747. The molecule has 17 heavy (non-hydrogen) atoms. The van der Waals surface area contributed by atoms with Crippen LogP contribution < -0.4 is 5.32 Å². The highest BCUT2D eigenvalue weighted by Crippen LogP contribution is 2.13. The zero-order valence-corrected chi connectivity index (χ0v) is 11.0. The minimum absolute atomic E-state index is 0. The molecule has 1 atom stereocenters. The summed E-state index contributed by atoms with van der Waals surface area (Å²) in [6, 6.07) is 9.76. The van der Waals surface area contributed by atoms with Gasteiger partial charge in [-0.25, -0.2) is 0 Å². The summed E-state index contributed by atoms with van der Waals surface area (Å²) in [6.45, 7) is 0.885. The molecule has 1 rings (SSSR count). The molecule has 2 N–H and O–H groups in total. The molecule has 6 heteroatoms. The number of hydrogen-bond donors (Lipinski definition) is 2. The van der Waals surface area contributed by atoms with Crippen molar-refractivity contribution in [2.45, 2.75) is 13.0 Å². The molecule has 0 spiro atoms. The molecule has 0 heterocycles. The average Bonchev–Trinajstić information content (AvgIpc) is 2.28. The maximum Gasteiger partial charge on any atom is 0.505 e. The number of halogens is 1. The first-order valence-electron chi connectivity index (χ1n) is 5.08. The second-order valence-electron chi connectivity index (χ2n) is 3.45. The largest absolute Gasteiger partial charge is 0.505 e. The number of carbonyl (C=O) groups excluding carboxylic acids is 1. The first-order valence-corrected chi connectivity index (χ1v) is 6.48. The van der Waals surface area contributed by atoms with E-state index in [0.29, 0.717) is 6.54 Å². The summed E-state index contributed by atoms with van der Waals surface area (Å²) in [5, 5.41) is 3.00. The fraction of sp³-hybridized carbons (Fsp3) is 0.364. The van der Waals surface area contributed by atoms with Gasteiger partial charge in [-0.2, -0.15) is 4.89 Å². The van der Waals surface area contributed by atoms with E-state index in [0.717, 1.165) is 5.56 Å². The Morgan fingerprint density at radius 3 is 2.53 bits per heavy atom. The SMILES string of the molecule is Cl.O=C(CC[P+](=O)O)CNCc1ccccc1. The van der Waals surface area contributed by atoms with E-state index in [2.05, 4.69) is 5.32 Å². The highest BCUT2D eigenvalue weighted by molar-refractivity contribution is 7.38. The van der Waals surface area contributed by atoms with Crippen molar-refractivity contribution in [3.05, 3.63) is 35.9 Å². The Morgan fingerprint density at radius 2 is 1.94 bits per heavy atom. The van der Waals surface area contributed by atoms with E-state index < -0.39 is 8.03 Å². The number of rotatable bonds is 7. The predicted octanol–water partition coefficient (Wildman–Crippen LogP) is 1.89. The van der Waals surface area contributed by atoms with Crippen LogP contribution in [0.2, 0.25) is 0 Å². The minimum atomic E-state index is -2.19. The van der Waals surface area contributed by atoms with Gasteiger partial charge < -0.3 is 5.32 Å². The van der Waals surface area contributed by atoms with Crippen molar-refractivity contribution in [3.8, 4) is 0 Å². The summed E-state index contributed by atoms with van der Waals surface area (Å²) in [7, 11) is -2.19. The summed E-state index contributed by atoms with van der Waals surface area (Å²) in [5.41, 5.74) is 1.11. The third-order valence-corrected chi connectivity index (χ3v) is 2.68. The molecule has 0 fully saturated rings. The zero-order valence-electron chi connectivity index (χ0n) is 9.33. The molecule has 0 aliphatic rings. The van der Waals surface area contributed by atoms with Crippen molar-refractivity contribution in [2.75, 3.05) is 12.7 Å². The van der Waals surface area contributed by atoms with Crippen LogP contribution in [0.25, 0.3) is 0 Å². The van der Waals surface area contributed by atoms with E-state index in [4.69, 9.17) is 4.89 Å². The summed E-state index contributed by atoms with van der Waals surface area (Å²) in [5.74, 6) is -0.0340. The van der Waals surface area contributed by atoms with Gasteiger partial charge in [0.2, 0.25) is 0 Å². The number of benzene rings is 1. The number of nitrogens with one attached hydrogen (secondary N) is 1. The van der Waals surface area contributed by atoms with Crippen LogP contribution in [-0.2, 0) is 15.9 Å². The molecule has 4 nitrogen and oxygen atoms in total. The summed E-state index contributed by atoms with van der Waals surface area (Å²) in [4.78, 5) is 19.8. The molecule has 0 radical (unpaired) electrons. The molecule has 0 aromatic heterocycles. The lowest BCUT2D eigenvalue weighted by molar-refractivity contribution is -0.117. The Bertz CT molecular complexity index is 359. The molecule has 0 aliphatic heterocycles. The van der Waals surface area contributed by atoms with Crippen LogP contribution in [0.1, 0.15) is 12.0 Å². The van der Waals surface area contributed by atoms with Gasteiger partial charge in [-0.05, 0) is 10.1 Å². The van der Waals surface area contributed by atoms with Crippen molar-refractivity contribution < 1.29 is 14.3 Å². The Labute approximate surface area is 108 Å². The third-order valence-electron chi connectivity index (χ3n) is 2.08. The predicted molar refractivity (Wildman–Crippen MR) is 69.7 cm³/mol. The Hall–Kier alpha value is -0.800. The molecular weight excluding hydrogens is 261 g/mol. The van der Waals surface area contributed by atoms with Crippen LogP contribution in [-0.4, -0.2) is 23.4 Å². The van der Waals surface area contributed by atoms with Crippen molar-refractivity contribution in [1.82, 2.24) is 5.32 Å². The van der Waals surface area contributed by atoms with E-state index >= 15 is 0 Å². The van der Waals surface area contributed by atoms with E-state index in [1.54, 1.807) is 0 Å². The van der Waals surface area contributed by atoms with Crippen molar-refractivity contribution in [3.63, 3.8) is 0 Å². The molecule has 0 amide bonds. The Kier molecular flexibility index (Phi) is 8.82. The third kappa shape index (κ3) is 8.00. The Balaban J connectivity index is 0.00000256. The topological polar surface area (TPSA) is 66.4 Å². The standard InChI is InChI=1S/C11H14NO3P.ClH/c13-11(6-7-16(14)15)9-12-8-10-4-2-1-3-5-10;/h1-5,12H,6-9H2;1H/p+1. The van der Waals surface area contributed by atoms with Crippen molar-refractivity contribution in [1.29, 1.82) is 0 Å². The smallest absolute Gasteiger partial charge is 0.306 e. The van der Waals surface area contributed by atoms with Crippen molar-refractivity contribution in [2.24, 2.45) is 0 Å². The van der Waals surface area contributed by atoms with Gasteiger partial charge in [0.25, 0.3) is 0 Å². The monoisotopic (exact) mass is 276 g/mol. The van der Waals surface area contributed by atoms with E-state index in [1.165, 1.54) is 0 Å². The summed E-state index contributed by atoms with van der Waals surface area (Å²) in [6.07, 6.45) is 0.217. The normalized spacial score (nSPS) is 10.5. The number of ketones is 1. The van der Waals surface area contributed by atoms with Crippen LogP contribution in [0.15, 0.2) is 30.3 Å². The summed E-state index contributed by atoms with van der Waals surface area (Å²) < 4.78 is 10.4. The van der Waals surface area contributed by atoms with Crippen LogP contribution in [0.4, 0.5) is 0 Å². The fourth-order valence-corrected chi connectivity index (χ4v) is 1.69. The maximum atomic E-state index is 11.2. The van der Waals surface area contributed by atoms with E-state index in [9.17, 15) is 9.36 Å². The van der Waals surface area contributed by atoms with Crippen LogP contribution in [0.5, 0.6) is 0 Å². The van der Waals surface area contributed by atoms with Gasteiger partial charge in [-0.1, -0.05) is 30.3 Å². The molecule has 0 aliphatic carbocycles. The van der Waals surface area contributed by atoms with Crippen LogP contribution >= 0.6 is 20.4 Å². The number of hydrogen-bond acceptors (Lipinski definition) is 3. The molecular formula is C11H16ClNO3P+. The van der Waals surface area contributed by atoms with Gasteiger partial charge >= 0.3 is 8.03 Å². The van der Waals surface area contributed by atoms with Crippen LogP contribution in [0, 0.1) is 0 Å². The number of Topliss-reactive ketones (excluding diaryl/α,β-unsaturated/α-hetero) is 1. The van der Waals surface area contributed by atoms with E-state index in [1.807, 2.05) is 30.3 Å². The molecule has 0 bridgehead atoms. The fourth-order valence-electron chi connectivity index (χ4n) is 1.25. The van der Waals surface area contributed by atoms with Crippen LogP contribution in [0.3, 0.4) is 0 Å². The molecule has 1 aromatic rings. The Morgan fingerprint density at radius 1 is 1.29 bits per heavy atom. The van der Waals surface area contributed by atoms with Gasteiger partial charge in [-0.15, -0.1) is 12.4 Å². The molecule has 94 valence electrons.